The third-order valence-electron chi connectivity index (χ3n) is 17.0. The number of hydrogen-bond acceptors (Lipinski definition) is 6. The second-order valence-corrected chi connectivity index (χ2v) is 25.2. The van der Waals surface area contributed by atoms with Gasteiger partial charge in [-0.05, 0) is 44.9 Å². The zero-order chi connectivity index (χ0) is 57.8. The predicted molar refractivity (Wildman–Crippen MR) is 349 cm³/mol. The first kappa shape index (κ1) is 78.1. The molecule has 474 valence electrons. The van der Waals surface area contributed by atoms with Crippen LogP contribution >= 0.6 is 0 Å². The van der Waals surface area contributed by atoms with Crippen LogP contribution in [0.1, 0.15) is 425 Å². The second-order valence-electron chi connectivity index (χ2n) is 25.2. The van der Waals surface area contributed by atoms with E-state index in [2.05, 4.69) is 32.9 Å². The van der Waals surface area contributed by atoms with Crippen molar-refractivity contribution in [2.45, 2.75) is 431 Å². The number of unbranched alkanes of at least 4 members (excludes halogenated alkanes) is 56. The summed E-state index contributed by atoms with van der Waals surface area (Å²) in [5.41, 5.74) is 0. The molecule has 0 rings (SSSR count). The highest BCUT2D eigenvalue weighted by molar-refractivity contribution is 5.71. The third kappa shape index (κ3) is 66.9. The molecule has 6 nitrogen and oxygen atoms in total. The first-order valence-electron chi connectivity index (χ1n) is 36.7. The number of hydrogen-bond donors (Lipinski definition) is 0. The van der Waals surface area contributed by atoms with Crippen LogP contribution in [0.4, 0.5) is 0 Å². The van der Waals surface area contributed by atoms with Crippen LogP contribution in [0.2, 0.25) is 0 Å². The smallest absolute Gasteiger partial charge is 0.306 e. The van der Waals surface area contributed by atoms with Gasteiger partial charge in [-0.3, -0.25) is 14.4 Å². The fourth-order valence-electron chi connectivity index (χ4n) is 11.5. The van der Waals surface area contributed by atoms with E-state index in [0.29, 0.717) is 19.3 Å². The molecule has 0 heterocycles. The van der Waals surface area contributed by atoms with Crippen LogP contribution in [0.5, 0.6) is 0 Å². The lowest BCUT2D eigenvalue weighted by Crippen LogP contribution is -2.30. The molecule has 0 aromatic heterocycles. The lowest BCUT2D eigenvalue weighted by molar-refractivity contribution is -0.167. The highest BCUT2D eigenvalue weighted by Gasteiger charge is 2.20. The Morgan fingerprint density at radius 2 is 0.412 bits per heavy atom. The number of rotatable bonds is 69. The Hall–Kier alpha value is -1.85. The summed E-state index contributed by atoms with van der Waals surface area (Å²) < 4.78 is 17.0. The molecule has 0 aliphatic rings. The van der Waals surface area contributed by atoms with Crippen LogP contribution < -0.4 is 0 Å². The van der Waals surface area contributed by atoms with Crippen LogP contribution in [0, 0.1) is 0 Å². The summed E-state index contributed by atoms with van der Waals surface area (Å²) in [5.74, 6) is -0.837. The molecular weight excluding hydrogens is 985 g/mol. The van der Waals surface area contributed by atoms with Gasteiger partial charge in [0, 0.05) is 19.3 Å². The Bertz CT molecular complexity index is 1250. The van der Waals surface area contributed by atoms with Gasteiger partial charge in [0.25, 0.3) is 0 Å². The lowest BCUT2D eigenvalue weighted by atomic mass is 10.0. The summed E-state index contributed by atoms with van der Waals surface area (Å²) in [6, 6.07) is 0. The molecule has 0 spiro atoms. The van der Waals surface area contributed by atoms with Crippen molar-refractivity contribution in [3.05, 3.63) is 12.2 Å². The molecule has 0 aromatic carbocycles. The van der Waals surface area contributed by atoms with Crippen molar-refractivity contribution in [3.63, 3.8) is 0 Å². The van der Waals surface area contributed by atoms with Gasteiger partial charge in [-0.25, -0.2) is 0 Å². The van der Waals surface area contributed by atoms with Crippen LogP contribution in [0.25, 0.3) is 0 Å². The molecule has 0 aliphatic carbocycles. The maximum Gasteiger partial charge on any atom is 0.306 e. The van der Waals surface area contributed by atoms with Gasteiger partial charge in [-0.15, -0.1) is 0 Å². The van der Waals surface area contributed by atoms with Crippen molar-refractivity contribution in [2.24, 2.45) is 0 Å². The van der Waals surface area contributed by atoms with E-state index in [1.165, 1.54) is 321 Å². The first-order valence-corrected chi connectivity index (χ1v) is 36.7. The monoisotopic (exact) mass is 1130 g/mol. The number of ether oxygens (including phenoxy) is 3. The van der Waals surface area contributed by atoms with Gasteiger partial charge in [-0.2, -0.15) is 0 Å². The molecule has 0 aliphatic heterocycles. The average molecular weight is 1130 g/mol. The molecule has 80 heavy (non-hydrogen) atoms. The molecule has 0 saturated carbocycles. The Morgan fingerprint density at radius 1 is 0.237 bits per heavy atom. The average Bonchev–Trinajstić information content (AvgIpc) is 3.46. The van der Waals surface area contributed by atoms with E-state index in [1.807, 2.05) is 0 Å². The van der Waals surface area contributed by atoms with E-state index in [9.17, 15) is 14.4 Å². The standard InChI is InChI=1S/C74H142O6/c1-4-7-10-13-16-19-22-25-28-31-32-33-34-35-36-37-38-39-40-41-42-44-46-49-52-55-58-61-64-67-73(76)79-70-71(69-78-72(75)66-63-60-57-54-51-48-45-30-27-24-21-18-15-12-9-6-3)80-74(77)68-65-62-59-56-53-50-47-43-29-26-23-20-17-14-11-8-5-2/h30,45,71H,4-29,31-44,46-70H2,1-3H3/b45-30-. The molecule has 0 fully saturated rings. The summed E-state index contributed by atoms with van der Waals surface area (Å²) in [6.45, 7) is 6.73. The molecule has 1 atom stereocenters. The Morgan fingerprint density at radius 3 is 0.625 bits per heavy atom. The summed E-state index contributed by atoms with van der Waals surface area (Å²) in [7, 11) is 0. The van der Waals surface area contributed by atoms with Crippen molar-refractivity contribution >= 4 is 17.9 Å². The zero-order valence-corrected chi connectivity index (χ0v) is 54.6. The molecule has 0 radical (unpaired) electrons. The Kier molecular flexibility index (Phi) is 68.0. The SMILES string of the molecule is CCCCCCCCC/C=C\CCCCCCCC(=O)OCC(COC(=O)CCCCCCCCCCCCCCCCCCCCCCCCCCCCCCC)OC(=O)CCCCCCCCCCCCCCCCCCC. The van der Waals surface area contributed by atoms with E-state index in [-0.39, 0.29) is 31.1 Å². The highest BCUT2D eigenvalue weighted by Crippen LogP contribution is 2.19. The summed E-state index contributed by atoms with van der Waals surface area (Å²) in [5, 5.41) is 0. The van der Waals surface area contributed by atoms with Crippen LogP contribution in [0.3, 0.4) is 0 Å². The number of carbonyl (C=O) groups is 3. The van der Waals surface area contributed by atoms with Crippen molar-refractivity contribution in [1.82, 2.24) is 0 Å². The van der Waals surface area contributed by atoms with Gasteiger partial charge in [0.1, 0.15) is 13.2 Å². The maximum absolute atomic E-state index is 12.9. The summed E-state index contributed by atoms with van der Waals surface area (Å²) >= 11 is 0. The van der Waals surface area contributed by atoms with Crippen molar-refractivity contribution in [2.75, 3.05) is 13.2 Å². The summed E-state index contributed by atoms with van der Waals surface area (Å²) in [4.78, 5) is 38.4. The molecular formula is C74H142O6. The second kappa shape index (κ2) is 69.6. The third-order valence-corrected chi connectivity index (χ3v) is 17.0. The van der Waals surface area contributed by atoms with Gasteiger partial charge in [-0.1, -0.05) is 373 Å². The minimum Gasteiger partial charge on any atom is -0.462 e. The minimum atomic E-state index is -0.770. The molecule has 1 unspecified atom stereocenters. The molecule has 0 saturated heterocycles. The van der Waals surface area contributed by atoms with Crippen LogP contribution in [-0.4, -0.2) is 37.2 Å². The fourth-order valence-corrected chi connectivity index (χ4v) is 11.5. The first-order chi connectivity index (χ1) is 39.5. The van der Waals surface area contributed by atoms with Crippen LogP contribution in [0.15, 0.2) is 12.2 Å². The van der Waals surface area contributed by atoms with Crippen molar-refractivity contribution in [3.8, 4) is 0 Å². The fraction of sp³-hybridized carbons (Fsp3) is 0.932. The predicted octanol–water partition coefficient (Wildman–Crippen LogP) is 25.2. The molecule has 0 bridgehead atoms. The van der Waals surface area contributed by atoms with E-state index in [1.54, 1.807) is 0 Å². The van der Waals surface area contributed by atoms with Gasteiger partial charge in [0.05, 0.1) is 0 Å². The van der Waals surface area contributed by atoms with E-state index < -0.39 is 6.10 Å². The Labute approximate surface area is 501 Å². The molecule has 0 N–H and O–H groups in total. The van der Waals surface area contributed by atoms with E-state index in [4.69, 9.17) is 14.2 Å². The topological polar surface area (TPSA) is 78.9 Å². The van der Waals surface area contributed by atoms with Crippen molar-refractivity contribution in [1.29, 1.82) is 0 Å². The van der Waals surface area contributed by atoms with Gasteiger partial charge >= 0.3 is 17.9 Å². The van der Waals surface area contributed by atoms with E-state index >= 15 is 0 Å². The minimum absolute atomic E-state index is 0.0655. The molecule has 6 heteroatoms. The zero-order valence-electron chi connectivity index (χ0n) is 54.6. The number of allylic oxidation sites excluding steroid dienone is 2. The van der Waals surface area contributed by atoms with Crippen molar-refractivity contribution < 1.29 is 28.6 Å². The van der Waals surface area contributed by atoms with Gasteiger partial charge < -0.3 is 14.2 Å². The highest BCUT2D eigenvalue weighted by atomic mass is 16.6. The number of esters is 3. The maximum atomic E-state index is 12.9. The van der Waals surface area contributed by atoms with Gasteiger partial charge in [0.2, 0.25) is 0 Å². The normalized spacial score (nSPS) is 12.0. The Balaban J connectivity index is 4.18. The van der Waals surface area contributed by atoms with Crippen LogP contribution in [-0.2, 0) is 28.6 Å². The number of carbonyl (C=O) groups excluding carboxylic acids is 3. The summed E-state index contributed by atoms with van der Waals surface area (Å²) in [6.07, 6.45) is 84.0. The molecule has 0 aromatic rings. The molecule has 0 amide bonds. The lowest BCUT2D eigenvalue weighted by Gasteiger charge is -2.18. The quantitative estimate of drug-likeness (QED) is 0.0261. The van der Waals surface area contributed by atoms with Gasteiger partial charge in [0.15, 0.2) is 6.10 Å². The van der Waals surface area contributed by atoms with E-state index in [0.717, 1.165) is 64.2 Å². The largest absolute Gasteiger partial charge is 0.462 e.